The Morgan fingerprint density at radius 1 is 1.15 bits per heavy atom. The number of ether oxygens (including phenoxy) is 2. The molecule has 0 aliphatic carbocycles. The topological polar surface area (TPSA) is 102 Å². The van der Waals surface area contributed by atoms with E-state index in [1.165, 1.54) is 37.3 Å². The molecule has 1 N–H and O–H groups in total. The zero-order valence-corrected chi connectivity index (χ0v) is 18.7. The number of imide groups is 1. The molecular weight excluding hydrogens is 451 g/mol. The summed E-state index contributed by atoms with van der Waals surface area (Å²) in [5.74, 6) is -1.84. The first-order valence-electron chi connectivity index (χ1n) is 10.0. The first-order valence-corrected chi connectivity index (χ1v) is 10.8. The predicted molar refractivity (Wildman–Crippen MR) is 121 cm³/mol. The third kappa shape index (κ3) is 5.98. The second kappa shape index (κ2) is 10.8. The molecule has 2 aromatic rings. The van der Waals surface area contributed by atoms with Crippen molar-refractivity contribution in [1.82, 2.24) is 4.90 Å². The number of nitrogens with one attached hydrogen (secondary N) is 1. The molecule has 172 valence electrons. The molecule has 10 heteroatoms. The summed E-state index contributed by atoms with van der Waals surface area (Å²) < 4.78 is 23.5. The van der Waals surface area contributed by atoms with Crippen molar-refractivity contribution < 1.29 is 33.0 Å². The molecule has 8 nitrogen and oxygen atoms in total. The molecule has 1 atom stereocenters. The van der Waals surface area contributed by atoms with Gasteiger partial charge in [-0.1, -0.05) is 18.2 Å². The predicted octanol–water partition coefficient (Wildman–Crippen LogP) is 3.83. The van der Waals surface area contributed by atoms with Gasteiger partial charge < -0.3 is 14.8 Å². The van der Waals surface area contributed by atoms with E-state index in [9.17, 15) is 23.6 Å². The minimum Gasteiger partial charge on any atom is -0.483 e. The average molecular weight is 472 g/mol. The highest BCUT2D eigenvalue weighted by Crippen LogP contribution is 2.35. The van der Waals surface area contributed by atoms with Gasteiger partial charge in [0, 0.05) is 11.3 Å². The fourth-order valence-corrected chi connectivity index (χ4v) is 3.83. The summed E-state index contributed by atoms with van der Waals surface area (Å²) in [6.45, 7) is 2.86. The summed E-state index contributed by atoms with van der Waals surface area (Å²) in [6, 6.07) is 10.9. The zero-order valence-electron chi connectivity index (χ0n) is 17.9. The van der Waals surface area contributed by atoms with Crippen LogP contribution in [0.4, 0.5) is 14.9 Å². The maximum absolute atomic E-state index is 13.0. The van der Waals surface area contributed by atoms with Crippen LogP contribution in [0.2, 0.25) is 0 Å². The fourth-order valence-electron chi connectivity index (χ4n) is 2.93. The Hall–Kier alpha value is -3.66. The molecule has 1 unspecified atom stereocenters. The second-order valence-electron chi connectivity index (χ2n) is 6.86. The molecule has 1 saturated heterocycles. The summed E-state index contributed by atoms with van der Waals surface area (Å²) in [6.07, 6.45) is 1.47. The van der Waals surface area contributed by atoms with E-state index >= 15 is 0 Å². The molecule has 1 aliphatic heterocycles. The normalized spacial score (nSPS) is 15.5. The molecular formula is C23H21FN2O6S. The highest BCUT2D eigenvalue weighted by atomic mass is 32.2. The van der Waals surface area contributed by atoms with Crippen LogP contribution >= 0.6 is 11.8 Å². The van der Waals surface area contributed by atoms with E-state index in [2.05, 4.69) is 5.32 Å². The number of esters is 1. The van der Waals surface area contributed by atoms with Crippen molar-refractivity contribution in [3.63, 3.8) is 0 Å². The molecule has 0 bridgehead atoms. The average Bonchev–Trinajstić information content (AvgIpc) is 3.07. The van der Waals surface area contributed by atoms with E-state index in [-0.39, 0.29) is 18.1 Å². The molecule has 0 radical (unpaired) electrons. The summed E-state index contributed by atoms with van der Waals surface area (Å²) in [5.41, 5.74) is 0.893. The van der Waals surface area contributed by atoms with Crippen LogP contribution in [0.1, 0.15) is 19.4 Å². The van der Waals surface area contributed by atoms with Crippen LogP contribution in [0.25, 0.3) is 6.08 Å². The van der Waals surface area contributed by atoms with Crippen molar-refractivity contribution in [2.75, 3.05) is 18.5 Å². The van der Waals surface area contributed by atoms with Crippen molar-refractivity contribution in [2.24, 2.45) is 0 Å². The smallest absolute Gasteiger partial charge is 0.329 e. The van der Waals surface area contributed by atoms with Crippen LogP contribution in [0, 0.1) is 5.82 Å². The van der Waals surface area contributed by atoms with E-state index in [0.717, 1.165) is 4.90 Å². The van der Waals surface area contributed by atoms with Crippen LogP contribution < -0.4 is 10.1 Å². The van der Waals surface area contributed by atoms with Crippen LogP contribution in [-0.2, 0) is 19.1 Å². The maximum Gasteiger partial charge on any atom is 0.329 e. The van der Waals surface area contributed by atoms with Crippen LogP contribution in [-0.4, -0.2) is 47.2 Å². The Kier molecular flexibility index (Phi) is 7.83. The van der Waals surface area contributed by atoms with Gasteiger partial charge in [0.05, 0.1) is 11.5 Å². The monoisotopic (exact) mass is 472 g/mol. The van der Waals surface area contributed by atoms with Crippen molar-refractivity contribution in [1.29, 1.82) is 0 Å². The minimum atomic E-state index is -1.05. The number of halogens is 1. The number of hydrogen-bond acceptors (Lipinski definition) is 7. The van der Waals surface area contributed by atoms with E-state index in [1.54, 1.807) is 31.2 Å². The first kappa shape index (κ1) is 24.0. The lowest BCUT2D eigenvalue weighted by atomic mass is 10.1. The quantitative estimate of drug-likeness (QED) is 0.460. The Labute approximate surface area is 193 Å². The zero-order chi connectivity index (χ0) is 24.0. The third-order valence-corrected chi connectivity index (χ3v) is 5.41. The van der Waals surface area contributed by atoms with Gasteiger partial charge in [0.15, 0.2) is 6.61 Å². The number of benzene rings is 2. The van der Waals surface area contributed by atoms with Gasteiger partial charge >= 0.3 is 5.97 Å². The summed E-state index contributed by atoms with van der Waals surface area (Å²) in [4.78, 5) is 50.2. The molecule has 33 heavy (non-hydrogen) atoms. The largest absolute Gasteiger partial charge is 0.483 e. The van der Waals surface area contributed by atoms with Crippen molar-refractivity contribution in [3.05, 3.63) is 64.8 Å². The highest BCUT2D eigenvalue weighted by molar-refractivity contribution is 8.18. The van der Waals surface area contributed by atoms with E-state index in [0.29, 0.717) is 28.8 Å². The lowest BCUT2D eigenvalue weighted by molar-refractivity contribution is -0.150. The maximum atomic E-state index is 13.0. The number of rotatable bonds is 8. The molecule has 1 aliphatic rings. The van der Waals surface area contributed by atoms with Gasteiger partial charge in [-0.15, -0.1) is 0 Å². The van der Waals surface area contributed by atoms with Gasteiger partial charge in [0.2, 0.25) is 0 Å². The number of hydrogen-bond donors (Lipinski definition) is 1. The minimum absolute atomic E-state index is 0.114. The fraction of sp³-hybridized carbons (Fsp3) is 0.217. The number of para-hydroxylation sites is 1. The Bertz CT molecular complexity index is 1100. The molecule has 0 spiro atoms. The lowest BCUT2D eigenvalue weighted by Crippen LogP contribution is -2.42. The Balaban J connectivity index is 1.70. The molecule has 3 rings (SSSR count). The van der Waals surface area contributed by atoms with Crippen LogP contribution in [0.5, 0.6) is 5.75 Å². The molecule has 1 heterocycles. The van der Waals surface area contributed by atoms with Gasteiger partial charge in [-0.05, 0) is 62.0 Å². The Morgan fingerprint density at radius 2 is 1.85 bits per heavy atom. The second-order valence-corrected chi connectivity index (χ2v) is 7.85. The van der Waals surface area contributed by atoms with E-state index in [4.69, 9.17) is 9.47 Å². The molecule has 0 aromatic heterocycles. The number of anilines is 1. The van der Waals surface area contributed by atoms with Crippen molar-refractivity contribution in [2.45, 2.75) is 19.9 Å². The number of nitrogens with zero attached hydrogens (tertiary/aromatic N) is 1. The van der Waals surface area contributed by atoms with E-state index in [1.807, 2.05) is 0 Å². The van der Waals surface area contributed by atoms with Gasteiger partial charge in [0.25, 0.3) is 17.1 Å². The van der Waals surface area contributed by atoms with Crippen molar-refractivity contribution in [3.8, 4) is 5.75 Å². The number of amides is 3. The Morgan fingerprint density at radius 3 is 2.55 bits per heavy atom. The van der Waals surface area contributed by atoms with E-state index < -0.39 is 34.9 Å². The summed E-state index contributed by atoms with van der Waals surface area (Å²) in [7, 11) is 0. The lowest BCUT2D eigenvalue weighted by Gasteiger charge is -2.19. The third-order valence-electron chi connectivity index (χ3n) is 4.53. The van der Waals surface area contributed by atoms with Gasteiger partial charge in [-0.25, -0.2) is 9.18 Å². The molecule has 1 fully saturated rings. The highest BCUT2D eigenvalue weighted by Gasteiger charge is 2.41. The van der Waals surface area contributed by atoms with Crippen molar-refractivity contribution >= 4 is 46.5 Å². The molecule has 3 amide bonds. The van der Waals surface area contributed by atoms with Gasteiger partial charge in [-0.3, -0.25) is 19.3 Å². The van der Waals surface area contributed by atoms with Gasteiger partial charge in [0.1, 0.15) is 17.6 Å². The van der Waals surface area contributed by atoms with Gasteiger partial charge in [-0.2, -0.15) is 0 Å². The molecule has 0 saturated carbocycles. The number of carbonyl (C=O) groups excluding carboxylic acids is 4. The number of thioether (sulfide) groups is 1. The SMILES string of the molecule is CCOC(=O)C(C)N1C(=O)S/C(=C/c2ccccc2OCC(=O)Nc2ccc(F)cc2)C1=O. The van der Waals surface area contributed by atoms with Crippen LogP contribution in [0.15, 0.2) is 53.4 Å². The summed E-state index contributed by atoms with van der Waals surface area (Å²) in [5, 5.41) is 2.00. The number of carbonyl (C=O) groups is 4. The molecule has 2 aromatic carbocycles. The first-order chi connectivity index (χ1) is 15.8. The van der Waals surface area contributed by atoms with Crippen LogP contribution in [0.3, 0.4) is 0 Å². The summed E-state index contributed by atoms with van der Waals surface area (Å²) >= 11 is 0.702. The standard InChI is InChI=1S/C23H21FN2O6S/c1-3-31-22(29)14(2)26-21(28)19(33-23(26)30)12-15-6-4-5-7-18(15)32-13-20(27)25-17-10-8-16(24)9-11-17/h4-12,14H,3,13H2,1-2H3,(H,25,27)/b19-12+.